The monoisotopic (exact) mass is 613 g/mol. The first kappa shape index (κ1) is 37.4. The normalized spacial score (nSPS) is 14.7. The van der Waals surface area contributed by atoms with Crippen molar-refractivity contribution in [3.8, 4) is 0 Å². The number of carbonyl (C=O) groups is 1. The van der Waals surface area contributed by atoms with Crippen molar-refractivity contribution in [2.24, 2.45) is 0 Å². The van der Waals surface area contributed by atoms with E-state index in [-0.39, 0.29) is 30.6 Å². The molecule has 0 heterocycles. The van der Waals surface area contributed by atoms with Gasteiger partial charge in [0.2, 0.25) is 0 Å². The van der Waals surface area contributed by atoms with Crippen LogP contribution in [0, 0.1) is 0 Å². The molecule has 0 fully saturated rings. The summed E-state index contributed by atoms with van der Waals surface area (Å²) in [6.45, 7) is 1.77. The fourth-order valence-electron chi connectivity index (χ4n) is 3.24. The van der Waals surface area contributed by atoms with Crippen LogP contribution in [0.5, 0.6) is 0 Å². The van der Waals surface area contributed by atoms with Crippen LogP contribution in [0.4, 0.5) is 70.2 Å². The van der Waals surface area contributed by atoms with Crippen molar-refractivity contribution in [2.45, 2.75) is 113 Å². The minimum absolute atomic E-state index is 0.120. The Kier molecular flexibility index (Phi) is 12.4. The van der Waals surface area contributed by atoms with Crippen molar-refractivity contribution in [1.29, 1.82) is 0 Å². The molecule has 0 aliphatic rings. The molecule has 0 aliphatic heterocycles. The van der Waals surface area contributed by atoms with E-state index < -0.39 is 66.9 Å². The van der Waals surface area contributed by atoms with E-state index in [0.29, 0.717) is 25.7 Å². The highest BCUT2D eigenvalue weighted by atomic mass is 19.4. The van der Waals surface area contributed by atoms with E-state index in [4.69, 9.17) is 0 Å². The molecule has 39 heavy (non-hydrogen) atoms. The first-order valence-corrected chi connectivity index (χ1v) is 11.6. The molecule has 0 bridgehead atoms. The molecule has 0 rings (SSSR count). The van der Waals surface area contributed by atoms with Crippen LogP contribution in [0.25, 0.3) is 0 Å². The van der Waals surface area contributed by atoms with Crippen molar-refractivity contribution >= 4 is 5.91 Å². The molecule has 0 N–H and O–H groups in total. The molecule has 0 spiro atoms. The highest BCUT2D eigenvalue weighted by Gasteiger charge is 2.94. The van der Waals surface area contributed by atoms with Gasteiger partial charge in [0.25, 0.3) is 5.91 Å². The van der Waals surface area contributed by atoms with Gasteiger partial charge in [-0.3, -0.25) is 4.79 Å². The van der Waals surface area contributed by atoms with Crippen LogP contribution >= 0.6 is 0 Å². The molecule has 0 atom stereocenters. The third-order valence-electron chi connectivity index (χ3n) is 5.78. The summed E-state index contributed by atoms with van der Waals surface area (Å²) in [5.41, 5.74) is 0. The molecule has 0 saturated carbocycles. The SMILES string of the molecule is CCCCCCN(CCCCCC)C(=O)C(F)(F)C(F)(F)C(F)(F)C(F)(F)C(F)(F)C(F)(F)C(F)(F)C(F)F. The molecular weight excluding hydrogens is 586 g/mol. The van der Waals surface area contributed by atoms with Gasteiger partial charge in [0.15, 0.2) is 0 Å². The number of unbranched alkanes of at least 4 members (excludes halogenated alkanes) is 6. The number of carbonyl (C=O) groups excluding carboxylic acids is 1. The lowest BCUT2D eigenvalue weighted by atomic mass is 9.89. The van der Waals surface area contributed by atoms with Crippen LogP contribution in [0.2, 0.25) is 0 Å². The summed E-state index contributed by atoms with van der Waals surface area (Å²) < 4.78 is 217. The standard InChI is InChI=1S/C21H27F16NO/c1-3-5-7-9-11-38(12-10-8-6-4-2)14(39)16(26,27)18(30,31)20(34,35)21(36,37)19(32,33)17(28,29)15(24,25)13(22)23/h13H,3-12H2,1-2H3. The molecule has 2 nitrogen and oxygen atoms in total. The molecule has 0 unspecified atom stereocenters. The Morgan fingerprint density at radius 3 is 1.21 bits per heavy atom. The van der Waals surface area contributed by atoms with Crippen molar-refractivity contribution in [3.63, 3.8) is 0 Å². The number of halogens is 16. The van der Waals surface area contributed by atoms with Gasteiger partial charge in [-0.2, -0.15) is 61.5 Å². The first-order valence-electron chi connectivity index (χ1n) is 11.6. The molecule has 18 heteroatoms. The van der Waals surface area contributed by atoms with Gasteiger partial charge in [0, 0.05) is 13.1 Å². The Bertz CT molecular complexity index is 772. The second-order valence-electron chi connectivity index (χ2n) is 8.78. The van der Waals surface area contributed by atoms with Crippen LogP contribution in [-0.2, 0) is 4.79 Å². The lowest BCUT2D eigenvalue weighted by molar-refractivity contribution is -0.444. The van der Waals surface area contributed by atoms with Crippen molar-refractivity contribution < 1.29 is 75.0 Å². The highest BCUT2D eigenvalue weighted by molar-refractivity contribution is 5.85. The third-order valence-corrected chi connectivity index (χ3v) is 5.78. The average molecular weight is 613 g/mol. The summed E-state index contributed by atoms with van der Waals surface area (Å²) in [7, 11) is 0. The fourth-order valence-corrected chi connectivity index (χ4v) is 3.24. The summed E-state index contributed by atoms with van der Waals surface area (Å²) >= 11 is 0. The van der Waals surface area contributed by atoms with E-state index in [1.165, 1.54) is 0 Å². The van der Waals surface area contributed by atoms with E-state index in [0.717, 1.165) is 0 Å². The van der Waals surface area contributed by atoms with Crippen LogP contribution in [0.1, 0.15) is 65.2 Å². The summed E-state index contributed by atoms with van der Waals surface area (Å²) in [4.78, 5) is 12.1. The molecule has 1 amide bonds. The zero-order valence-corrected chi connectivity index (χ0v) is 20.6. The van der Waals surface area contributed by atoms with Gasteiger partial charge < -0.3 is 4.90 Å². The number of hydrogen-bond donors (Lipinski definition) is 0. The largest absolute Gasteiger partial charge is 0.392 e. The van der Waals surface area contributed by atoms with Gasteiger partial charge in [-0.05, 0) is 12.8 Å². The number of alkyl halides is 16. The van der Waals surface area contributed by atoms with Gasteiger partial charge in [0.05, 0.1) is 0 Å². The van der Waals surface area contributed by atoms with E-state index in [2.05, 4.69) is 0 Å². The predicted octanol–water partition coefficient (Wildman–Crippen LogP) is 8.69. The second kappa shape index (κ2) is 12.9. The van der Waals surface area contributed by atoms with Gasteiger partial charge in [-0.25, -0.2) is 8.78 Å². The quantitative estimate of drug-likeness (QED) is 0.112. The molecule has 0 aromatic rings. The van der Waals surface area contributed by atoms with Gasteiger partial charge >= 0.3 is 47.9 Å². The Morgan fingerprint density at radius 2 is 0.872 bits per heavy atom. The average Bonchev–Trinajstić information content (AvgIpc) is 2.81. The summed E-state index contributed by atoms with van der Waals surface area (Å²) in [5, 5.41) is 0. The molecular formula is C21H27F16NO. The lowest BCUT2D eigenvalue weighted by Gasteiger charge is -2.42. The third kappa shape index (κ3) is 6.64. The van der Waals surface area contributed by atoms with Crippen molar-refractivity contribution in [1.82, 2.24) is 4.90 Å². The number of amides is 1. The molecule has 0 aromatic heterocycles. The van der Waals surface area contributed by atoms with Gasteiger partial charge in [-0.15, -0.1) is 0 Å². The predicted molar refractivity (Wildman–Crippen MR) is 105 cm³/mol. The van der Waals surface area contributed by atoms with Crippen LogP contribution < -0.4 is 0 Å². The van der Waals surface area contributed by atoms with E-state index >= 15 is 0 Å². The minimum Gasteiger partial charge on any atom is -0.337 e. The Balaban J connectivity index is 6.51. The topological polar surface area (TPSA) is 20.3 Å². The van der Waals surface area contributed by atoms with E-state index in [1.807, 2.05) is 0 Å². The van der Waals surface area contributed by atoms with Crippen LogP contribution in [-0.4, -0.2) is 71.8 Å². The maximum atomic E-state index is 14.4. The van der Waals surface area contributed by atoms with Crippen molar-refractivity contribution in [2.75, 3.05) is 13.1 Å². The number of nitrogens with zero attached hydrogens (tertiary/aromatic N) is 1. The lowest BCUT2D eigenvalue weighted by Crippen LogP contribution is -2.74. The summed E-state index contributed by atoms with van der Waals surface area (Å²) in [6.07, 6.45) is -3.89. The highest BCUT2D eigenvalue weighted by Crippen LogP contribution is 2.62. The minimum atomic E-state index is -8.51. The molecule has 0 aliphatic carbocycles. The molecule has 0 aromatic carbocycles. The fraction of sp³-hybridized carbons (Fsp3) is 0.952. The van der Waals surface area contributed by atoms with Crippen LogP contribution in [0.15, 0.2) is 0 Å². The maximum absolute atomic E-state index is 14.4. The Labute approximate surface area is 213 Å². The Hall–Kier alpha value is -1.65. The van der Waals surface area contributed by atoms with Gasteiger partial charge in [-0.1, -0.05) is 52.4 Å². The smallest absolute Gasteiger partial charge is 0.337 e. The van der Waals surface area contributed by atoms with E-state index in [9.17, 15) is 75.0 Å². The molecule has 0 saturated heterocycles. The molecule has 234 valence electrons. The number of rotatable bonds is 18. The zero-order chi connectivity index (χ0) is 31.3. The van der Waals surface area contributed by atoms with Crippen molar-refractivity contribution in [3.05, 3.63) is 0 Å². The second-order valence-corrected chi connectivity index (χ2v) is 8.78. The van der Waals surface area contributed by atoms with Crippen LogP contribution in [0.3, 0.4) is 0 Å². The number of hydrogen-bond acceptors (Lipinski definition) is 1. The van der Waals surface area contributed by atoms with E-state index in [1.54, 1.807) is 13.8 Å². The Morgan fingerprint density at radius 1 is 0.538 bits per heavy atom. The first-order chi connectivity index (χ1) is 17.4. The molecule has 0 radical (unpaired) electrons. The maximum Gasteiger partial charge on any atom is 0.392 e. The zero-order valence-electron chi connectivity index (χ0n) is 20.6. The summed E-state index contributed by atoms with van der Waals surface area (Å²) in [6, 6.07) is 0. The van der Waals surface area contributed by atoms with Gasteiger partial charge in [0.1, 0.15) is 0 Å². The summed E-state index contributed by atoms with van der Waals surface area (Å²) in [5.74, 6) is -59.1.